The third kappa shape index (κ3) is 3.03. The number of H-pyrrole nitrogens is 1. The first-order valence-corrected chi connectivity index (χ1v) is 8.63. The summed E-state index contributed by atoms with van der Waals surface area (Å²) >= 11 is 0. The molecule has 0 unspecified atom stereocenters. The van der Waals surface area contributed by atoms with Gasteiger partial charge in [-0.25, -0.2) is 13.4 Å². The first kappa shape index (κ1) is 15.1. The fourth-order valence-electron chi connectivity index (χ4n) is 2.45. The Balaban J connectivity index is 1.62. The Bertz CT molecular complexity index is 702. The highest BCUT2D eigenvalue weighted by molar-refractivity contribution is 7.89. The molecule has 0 aliphatic carbocycles. The van der Waals surface area contributed by atoms with Gasteiger partial charge in [0.25, 0.3) is 0 Å². The molecule has 1 fully saturated rings. The number of aromatic amines is 1. The van der Waals surface area contributed by atoms with Crippen molar-refractivity contribution in [3.8, 4) is 0 Å². The maximum Gasteiger partial charge on any atom is 0.246 e. The van der Waals surface area contributed by atoms with Crippen LogP contribution in [0, 0.1) is 0 Å². The summed E-state index contributed by atoms with van der Waals surface area (Å²) in [4.78, 5) is 6.50. The van der Waals surface area contributed by atoms with Crippen LogP contribution in [0.25, 0.3) is 0 Å². The van der Waals surface area contributed by atoms with E-state index >= 15 is 0 Å². The smallest absolute Gasteiger partial charge is 0.246 e. The summed E-state index contributed by atoms with van der Waals surface area (Å²) in [5.74, 6) is 0.792. The topological polar surface area (TPSA) is 100 Å². The zero-order valence-electron chi connectivity index (χ0n) is 12.4. The van der Waals surface area contributed by atoms with Gasteiger partial charge in [-0.1, -0.05) is 0 Å². The second kappa shape index (κ2) is 6.15. The average Bonchev–Trinajstić information content (AvgIpc) is 3.19. The van der Waals surface area contributed by atoms with Gasteiger partial charge >= 0.3 is 0 Å². The van der Waals surface area contributed by atoms with Crippen molar-refractivity contribution in [2.75, 3.05) is 26.2 Å². The molecule has 0 atom stereocenters. The second-order valence-corrected chi connectivity index (χ2v) is 7.08. The normalized spacial score (nSPS) is 17.9. The van der Waals surface area contributed by atoms with Gasteiger partial charge in [-0.2, -0.15) is 14.5 Å². The number of nitrogens with one attached hydrogen (secondary N) is 1. The van der Waals surface area contributed by atoms with E-state index < -0.39 is 10.0 Å². The fraction of sp³-hybridized carbons (Fsp3) is 0.583. The summed E-state index contributed by atoms with van der Waals surface area (Å²) in [6.45, 7) is 5.50. The Morgan fingerprint density at radius 1 is 1.27 bits per heavy atom. The van der Waals surface area contributed by atoms with E-state index in [4.69, 9.17) is 0 Å². The van der Waals surface area contributed by atoms with Crippen molar-refractivity contribution >= 4 is 10.0 Å². The van der Waals surface area contributed by atoms with E-state index in [1.54, 1.807) is 10.9 Å². The summed E-state index contributed by atoms with van der Waals surface area (Å²) in [7, 11) is -3.45. The van der Waals surface area contributed by atoms with Crippen molar-refractivity contribution < 1.29 is 8.42 Å². The van der Waals surface area contributed by atoms with Gasteiger partial charge in [-0.15, -0.1) is 0 Å². The molecule has 10 heteroatoms. The molecule has 0 amide bonds. The number of aromatic nitrogens is 5. The van der Waals surface area contributed by atoms with Crippen molar-refractivity contribution in [2.45, 2.75) is 24.9 Å². The van der Waals surface area contributed by atoms with Crippen LogP contribution in [0.1, 0.15) is 12.7 Å². The summed E-state index contributed by atoms with van der Waals surface area (Å²) in [5.41, 5.74) is 0. The maximum atomic E-state index is 12.6. The highest BCUT2D eigenvalue weighted by atomic mass is 32.2. The van der Waals surface area contributed by atoms with E-state index in [-0.39, 0.29) is 4.90 Å². The lowest BCUT2D eigenvalue weighted by Gasteiger charge is -2.33. The van der Waals surface area contributed by atoms with Crippen LogP contribution in [0.2, 0.25) is 0 Å². The molecule has 0 radical (unpaired) electrons. The molecule has 0 aromatic carbocycles. The summed E-state index contributed by atoms with van der Waals surface area (Å²) in [6.07, 6.45) is 4.47. The third-order valence-corrected chi connectivity index (χ3v) is 5.59. The van der Waals surface area contributed by atoms with E-state index in [0.717, 1.165) is 5.82 Å². The van der Waals surface area contributed by atoms with Crippen LogP contribution in [-0.2, 0) is 23.1 Å². The molecule has 3 heterocycles. The quantitative estimate of drug-likeness (QED) is 0.797. The average molecular weight is 325 g/mol. The van der Waals surface area contributed by atoms with Gasteiger partial charge in [0.2, 0.25) is 10.0 Å². The van der Waals surface area contributed by atoms with E-state index in [9.17, 15) is 8.42 Å². The number of rotatable bonds is 5. The lowest BCUT2D eigenvalue weighted by molar-refractivity contribution is 0.178. The molecule has 1 saturated heterocycles. The van der Waals surface area contributed by atoms with Gasteiger partial charge in [0.1, 0.15) is 17.0 Å². The largest absolute Gasteiger partial charge is 0.293 e. The summed E-state index contributed by atoms with van der Waals surface area (Å²) in [5, 5.41) is 10.7. The van der Waals surface area contributed by atoms with Crippen LogP contribution in [-0.4, -0.2) is 68.8 Å². The van der Waals surface area contributed by atoms with Crippen molar-refractivity contribution in [2.24, 2.45) is 0 Å². The van der Waals surface area contributed by atoms with Crippen LogP contribution in [0.3, 0.4) is 0 Å². The van der Waals surface area contributed by atoms with Crippen LogP contribution >= 0.6 is 0 Å². The predicted molar refractivity (Wildman–Crippen MR) is 78.3 cm³/mol. The van der Waals surface area contributed by atoms with Crippen molar-refractivity contribution in [3.05, 3.63) is 24.5 Å². The third-order valence-electron chi connectivity index (χ3n) is 3.74. The highest BCUT2D eigenvalue weighted by Gasteiger charge is 2.29. The standard InChI is InChI=1S/C12H19N7O2S/c1-2-18-8-11(7-15-18)22(20,21)19-5-3-17(4-6-19)9-12-13-10-14-16-12/h7-8,10H,2-6,9H2,1H3,(H,13,14,16). The Morgan fingerprint density at radius 3 is 2.64 bits per heavy atom. The van der Waals surface area contributed by atoms with Gasteiger partial charge in [0.15, 0.2) is 0 Å². The SMILES string of the molecule is CCn1cc(S(=O)(=O)N2CCN(Cc3ncn[nH]3)CC2)cn1. The predicted octanol–water partition coefficient (Wildman–Crippen LogP) is -0.472. The Hall–Kier alpha value is -1.78. The molecule has 120 valence electrons. The molecule has 2 aromatic heterocycles. The number of hydrogen-bond acceptors (Lipinski definition) is 6. The molecule has 0 saturated carbocycles. The Kier molecular flexibility index (Phi) is 4.23. The summed E-state index contributed by atoms with van der Waals surface area (Å²) < 4.78 is 28.3. The number of aryl methyl sites for hydroxylation is 1. The number of nitrogens with zero attached hydrogens (tertiary/aromatic N) is 6. The molecule has 2 aromatic rings. The molecule has 0 bridgehead atoms. The van der Waals surface area contributed by atoms with Gasteiger partial charge in [-0.3, -0.25) is 14.7 Å². The molecule has 1 aliphatic heterocycles. The number of piperazine rings is 1. The highest BCUT2D eigenvalue weighted by Crippen LogP contribution is 2.17. The first-order chi connectivity index (χ1) is 10.6. The Morgan fingerprint density at radius 2 is 2.05 bits per heavy atom. The zero-order valence-corrected chi connectivity index (χ0v) is 13.2. The monoisotopic (exact) mass is 325 g/mol. The number of sulfonamides is 1. The van der Waals surface area contributed by atoms with Crippen LogP contribution in [0.4, 0.5) is 0 Å². The minimum absolute atomic E-state index is 0.262. The van der Waals surface area contributed by atoms with Gasteiger partial charge in [0.05, 0.1) is 12.7 Å². The van der Waals surface area contributed by atoms with E-state index in [1.165, 1.54) is 16.8 Å². The Labute approximate surface area is 129 Å². The van der Waals surface area contributed by atoms with Crippen LogP contribution < -0.4 is 0 Å². The van der Waals surface area contributed by atoms with Gasteiger partial charge in [-0.05, 0) is 6.92 Å². The molecule has 1 N–H and O–H groups in total. The lowest BCUT2D eigenvalue weighted by atomic mass is 10.3. The molecule has 1 aliphatic rings. The molecule has 22 heavy (non-hydrogen) atoms. The zero-order chi connectivity index (χ0) is 15.6. The van der Waals surface area contributed by atoms with Crippen LogP contribution in [0.5, 0.6) is 0 Å². The van der Waals surface area contributed by atoms with E-state index in [0.29, 0.717) is 39.3 Å². The molecule has 9 nitrogen and oxygen atoms in total. The number of hydrogen-bond donors (Lipinski definition) is 1. The van der Waals surface area contributed by atoms with Crippen LogP contribution in [0.15, 0.2) is 23.6 Å². The fourth-order valence-corrected chi connectivity index (χ4v) is 3.82. The summed E-state index contributed by atoms with van der Waals surface area (Å²) in [6, 6.07) is 0. The van der Waals surface area contributed by atoms with Gasteiger partial charge in [0, 0.05) is 38.9 Å². The molecule has 3 rings (SSSR count). The van der Waals surface area contributed by atoms with Gasteiger partial charge < -0.3 is 0 Å². The maximum absolute atomic E-state index is 12.6. The van der Waals surface area contributed by atoms with Crippen molar-refractivity contribution in [3.63, 3.8) is 0 Å². The first-order valence-electron chi connectivity index (χ1n) is 7.19. The minimum Gasteiger partial charge on any atom is -0.293 e. The van der Waals surface area contributed by atoms with E-state index in [2.05, 4.69) is 25.2 Å². The molecule has 0 spiro atoms. The minimum atomic E-state index is -3.45. The van der Waals surface area contributed by atoms with Crippen molar-refractivity contribution in [1.82, 2.24) is 34.2 Å². The van der Waals surface area contributed by atoms with Crippen molar-refractivity contribution in [1.29, 1.82) is 0 Å². The lowest BCUT2D eigenvalue weighted by Crippen LogP contribution is -2.48. The second-order valence-electron chi connectivity index (χ2n) is 5.14. The van der Waals surface area contributed by atoms with E-state index in [1.807, 2.05) is 6.92 Å². The molecular weight excluding hydrogens is 306 g/mol. The molecular formula is C12H19N7O2S.